The van der Waals surface area contributed by atoms with Crippen molar-refractivity contribution >= 4 is 85.9 Å². The fourth-order valence-corrected chi connectivity index (χ4v) is 0. The topological polar surface area (TPSA) is 161 Å². The van der Waals surface area contributed by atoms with Crippen LogP contribution >= 0.6 is 0 Å². The average molecular weight is 424 g/mol. The van der Waals surface area contributed by atoms with E-state index in [9.17, 15) is 0 Å². The molecule has 0 aromatic rings. The number of rotatable bonds is 0. The quantitative estimate of drug-likeness (QED) is 0.213. The van der Waals surface area contributed by atoms with Gasteiger partial charge in [0.1, 0.15) is 0 Å². The molecule has 0 bridgehead atoms. The van der Waals surface area contributed by atoms with Gasteiger partial charge in [-0.2, -0.15) is 0 Å². The molecular formula is Ca2O8SW. The van der Waals surface area contributed by atoms with Crippen molar-refractivity contribution in [3.63, 3.8) is 0 Å². The van der Waals surface area contributed by atoms with Gasteiger partial charge in [-0.3, -0.25) is 8.42 Å². The van der Waals surface area contributed by atoms with Crippen LogP contribution in [0.5, 0.6) is 0 Å². The number of hydrogen-bond acceptors (Lipinski definition) is 8. The molecule has 0 fully saturated rings. The molecule has 0 aliphatic heterocycles. The first kappa shape index (κ1) is 24.0. The summed E-state index contributed by atoms with van der Waals surface area (Å²) in [5.74, 6) is 0. The summed E-state index contributed by atoms with van der Waals surface area (Å²) in [6.07, 6.45) is 0. The third-order valence-corrected chi connectivity index (χ3v) is 0. The van der Waals surface area contributed by atoms with Gasteiger partial charge in [-0.15, -0.1) is 0 Å². The van der Waals surface area contributed by atoms with E-state index in [1.807, 2.05) is 0 Å². The molecule has 0 heterocycles. The summed E-state index contributed by atoms with van der Waals surface area (Å²) in [7, 11) is -5.17. The summed E-state index contributed by atoms with van der Waals surface area (Å²) in [4.78, 5) is 0. The van der Waals surface area contributed by atoms with Crippen LogP contribution in [0.4, 0.5) is 0 Å². The van der Waals surface area contributed by atoms with Crippen LogP contribution in [0.25, 0.3) is 0 Å². The van der Waals surface area contributed by atoms with Crippen molar-refractivity contribution in [1.82, 2.24) is 0 Å². The molecule has 0 radical (unpaired) electrons. The van der Waals surface area contributed by atoms with E-state index in [0.29, 0.717) is 0 Å². The normalized spacial score (nSPS) is 9.67. The van der Waals surface area contributed by atoms with Crippen molar-refractivity contribution in [1.29, 1.82) is 0 Å². The molecule has 0 rings (SSSR count). The van der Waals surface area contributed by atoms with Gasteiger partial charge in [-0.25, -0.2) is 0 Å². The molecular weight excluding hydrogens is 424 g/mol. The molecule has 0 N–H and O–H groups in total. The first-order valence-electron chi connectivity index (χ1n) is 1.33. The van der Waals surface area contributed by atoms with Crippen LogP contribution in [-0.4, -0.2) is 93.0 Å². The first-order chi connectivity index (χ1) is 4.00. The molecule has 0 amide bonds. The van der Waals surface area contributed by atoms with Crippen LogP contribution in [0, 0.1) is 0 Å². The maximum absolute atomic E-state index is 8.65. The number of hydrogen-bond donors (Lipinski definition) is 0. The molecule has 0 atom stereocenters. The second-order valence-corrected chi connectivity index (χ2v) is 4.57. The molecule has 0 saturated carbocycles. The van der Waals surface area contributed by atoms with Gasteiger partial charge in [-0.05, 0) is 0 Å². The van der Waals surface area contributed by atoms with Crippen LogP contribution in [0.15, 0.2) is 0 Å². The molecule has 12 heteroatoms. The molecule has 0 aliphatic carbocycles. The second kappa shape index (κ2) is 10.1. The molecule has 8 nitrogen and oxygen atoms in total. The Kier molecular flexibility index (Phi) is 20.3. The molecule has 0 aromatic carbocycles. The van der Waals surface area contributed by atoms with E-state index in [1.54, 1.807) is 0 Å². The second-order valence-electron chi connectivity index (χ2n) is 0.816. The van der Waals surface area contributed by atoms with Gasteiger partial charge in [0.15, 0.2) is 0 Å². The Labute approximate surface area is 132 Å². The zero-order valence-corrected chi connectivity index (χ0v) is 13.7. The standard InChI is InChI=1S/2Ca.H2O4S.4O.W/c;;1-5(2,3)4;;;;;/h;;(H2,1,2,3,4);;;;;/q2*+2;;;;2*-1;/p-2. The fraction of sp³-hybridized carbons (Fsp3) is 0. The fourth-order valence-electron chi connectivity index (χ4n) is 0. The minimum atomic E-state index is -6.17. The summed E-state index contributed by atoms with van der Waals surface area (Å²) in [6.45, 7) is 0. The summed E-state index contributed by atoms with van der Waals surface area (Å²) < 4.78 is 68.7. The molecule has 12 heavy (non-hydrogen) atoms. The van der Waals surface area contributed by atoms with Gasteiger partial charge in [0.25, 0.3) is 0 Å². The van der Waals surface area contributed by atoms with Crippen LogP contribution in [-0.2, 0) is 33.9 Å². The summed E-state index contributed by atoms with van der Waals surface area (Å²) in [5, 5.41) is 0. The minimum absolute atomic E-state index is 0. The Hall–Kier alpha value is 2.60. The van der Waals surface area contributed by atoms with Crippen molar-refractivity contribution in [3.8, 4) is 0 Å². The van der Waals surface area contributed by atoms with Crippen molar-refractivity contribution in [2.45, 2.75) is 0 Å². The Morgan fingerprint density at radius 1 is 0.917 bits per heavy atom. The van der Waals surface area contributed by atoms with Crippen LogP contribution < -0.4 is 7.52 Å². The predicted octanol–water partition coefficient (Wildman–Crippen LogP) is -4.72. The summed E-state index contributed by atoms with van der Waals surface area (Å²) in [6, 6.07) is 0. The van der Waals surface area contributed by atoms with Gasteiger partial charge >= 0.3 is 107 Å². The van der Waals surface area contributed by atoms with Gasteiger partial charge in [0.05, 0.1) is 0 Å². The average Bonchev–Trinajstić information content (AvgIpc) is 1.12. The predicted molar refractivity (Wildman–Crippen MR) is 23.4 cm³/mol. The zero-order valence-electron chi connectivity index (χ0n) is 5.50. The summed E-state index contributed by atoms with van der Waals surface area (Å²) in [5.41, 5.74) is 0. The maximum atomic E-state index is 8.65. The van der Waals surface area contributed by atoms with Gasteiger partial charge in [0, 0.05) is 10.4 Å². The monoisotopic (exact) mass is 424 g/mol. The Bertz CT molecular complexity index is 213. The first-order valence-corrected chi connectivity index (χ1v) is 7.46. The van der Waals surface area contributed by atoms with Crippen LogP contribution in [0.2, 0.25) is 0 Å². The molecule has 0 unspecified atom stereocenters. The Balaban J connectivity index is -0.0000000457. The van der Waals surface area contributed by atoms with E-state index in [2.05, 4.69) is 0 Å². The van der Waals surface area contributed by atoms with Crippen molar-refractivity contribution in [3.05, 3.63) is 0 Å². The molecule has 0 aromatic heterocycles. The van der Waals surface area contributed by atoms with E-state index in [0.717, 1.165) is 0 Å². The Morgan fingerprint density at radius 3 is 0.917 bits per heavy atom. The van der Waals surface area contributed by atoms with Crippen molar-refractivity contribution in [2.75, 3.05) is 0 Å². The third kappa shape index (κ3) is 251. The van der Waals surface area contributed by atoms with Gasteiger partial charge in [-0.1, -0.05) is 0 Å². The summed E-state index contributed by atoms with van der Waals surface area (Å²) >= 11 is -6.17. The van der Waals surface area contributed by atoms with Crippen LogP contribution in [0.1, 0.15) is 0 Å². The van der Waals surface area contributed by atoms with Crippen LogP contribution in [0.3, 0.4) is 0 Å². The zero-order chi connectivity index (χ0) is 9.00. The van der Waals surface area contributed by atoms with Crippen molar-refractivity contribution < 1.29 is 48.6 Å². The Morgan fingerprint density at radius 2 is 0.917 bits per heavy atom. The molecule has 0 spiro atoms. The van der Waals surface area contributed by atoms with Crippen molar-refractivity contribution in [2.24, 2.45) is 0 Å². The van der Waals surface area contributed by atoms with E-state index in [1.165, 1.54) is 0 Å². The van der Waals surface area contributed by atoms with E-state index in [-0.39, 0.29) is 75.5 Å². The molecule has 0 aliphatic rings. The molecule has 64 valence electrons. The van der Waals surface area contributed by atoms with Gasteiger partial charge in [0.2, 0.25) is 0 Å². The van der Waals surface area contributed by atoms with E-state index in [4.69, 9.17) is 31.8 Å². The SMILES string of the molecule is O=S(=O)([O-])[O-].[Ca+2].[Ca+2].[O]=[W](=[O])([O-])[O-]. The van der Waals surface area contributed by atoms with E-state index >= 15 is 0 Å². The molecule has 0 saturated heterocycles. The van der Waals surface area contributed by atoms with E-state index < -0.39 is 27.1 Å². The van der Waals surface area contributed by atoms with Gasteiger partial charge < -0.3 is 9.11 Å². The third-order valence-electron chi connectivity index (χ3n) is 0.